The van der Waals surface area contributed by atoms with Gasteiger partial charge in [0.2, 0.25) is 0 Å². The molecule has 0 atom stereocenters. The number of allylic oxidation sites excluding steroid dienone is 2. The number of hydrogen-bond acceptors (Lipinski definition) is 3. The van der Waals surface area contributed by atoms with Gasteiger partial charge in [-0.05, 0) is 30.4 Å². The van der Waals surface area contributed by atoms with E-state index < -0.39 is 17.6 Å². The number of rotatable bonds is 2. The summed E-state index contributed by atoms with van der Waals surface area (Å²) in [6.45, 7) is 0. The molecule has 1 aromatic rings. The van der Waals surface area contributed by atoms with Crippen molar-refractivity contribution in [2.24, 2.45) is 17.2 Å². The summed E-state index contributed by atoms with van der Waals surface area (Å²) in [5.74, 6) is -1.12. The van der Waals surface area contributed by atoms with E-state index in [1.54, 1.807) is 0 Å². The monoisotopic (exact) mass is 261 g/mol. The van der Waals surface area contributed by atoms with Gasteiger partial charge in [0.25, 0.3) is 0 Å². The van der Waals surface area contributed by atoms with Crippen molar-refractivity contribution in [1.82, 2.24) is 0 Å². The van der Waals surface area contributed by atoms with Gasteiger partial charge in [-0.3, -0.25) is 0 Å². The third-order valence-corrected chi connectivity index (χ3v) is 2.06. The van der Waals surface area contributed by atoms with Crippen molar-refractivity contribution in [3.63, 3.8) is 0 Å². The van der Waals surface area contributed by atoms with E-state index in [1.807, 2.05) is 0 Å². The minimum absolute atomic E-state index is 0.0507. The van der Waals surface area contributed by atoms with Gasteiger partial charge in [-0.1, -0.05) is 0 Å². The van der Waals surface area contributed by atoms with Crippen LogP contribution in [0.4, 0.5) is 17.6 Å². The third-order valence-electron chi connectivity index (χ3n) is 2.06. The van der Waals surface area contributed by atoms with Crippen molar-refractivity contribution >= 4 is 5.70 Å². The fourth-order valence-electron chi connectivity index (χ4n) is 1.20. The first kappa shape index (κ1) is 13.9. The van der Waals surface area contributed by atoms with Crippen LogP contribution in [0.2, 0.25) is 0 Å². The Bertz CT molecular complexity index is 500. The van der Waals surface area contributed by atoms with Gasteiger partial charge in [-0.15, -0.1) is 0 Å². The van der Waals surface area contributed by atoms with Crippen LogP contribution in [0.1, 0.15) is 11.1 Å². The first-order valence-corrected chi connectivity index (χ1v) is 4.77. The summed E-state index contributed by atoms with van der Waals surface area (Å²) >= 11 is 0. The average molecular weight is 261 g/mol. The van der Waals surface area contributed by atoms with E-state index in [4.69, 9.17) is 17.2 Å². The molecule has 0 radical (unpaired) electrons. The Kier molecular flexibility index (Phi) is 3.85. The smallest absolute Gasteiger partial charge is 0.398 e. The first-order valence-electron chi connectivity index (χ1n) is 4.77. The fraction of sp³-hybridized carbons (Fsp3) is 0.0909. The van der Waals surface area contributed by atoms with Crippen molar-refractivity contribution < 1.29 is 17.6 Å². The lowest BCUT2D eigenvalue weighted by molar-refractivity contribution is -0.137. The molecule has 0 aromatic heterocycles. The van der Waals surface area contributed by atoms with E-state index in [-0.39, 0.29) is 17.1 Å². The molecule has 1 rings (SSSR count). The minimum atomic E-state index is -4.60. The maximum atomic E-state index is 13.5. The number of nitrogens with two attached hydrogens (primary N) is 3. The third kappa shape index (κ3) is 3.41. The van der Waals surface area contributed by atoms with E-state index >= 15 is 0 Å². The van der Waals surface area contributed by atoms with Crippen LogP contribution in [0.3, 0.4) is 0 Å². The lowest BCUT2D eigenvalue weighted by Gasteiger charge is -2.09. The highest BCUT2D eigenvalue weighted by molar-refractivity contribution is 5.65. The molecule has 0 aliphatic heterocycles. The predicted molar refractivity (Wildman–Crippen MR) is 60.0 cm³/mol. The maximum Gasteiger partial charge on any atom is 0.416 e. The lowest BCUT2D eigenvalue weighted by Crippen LogP contribution is -2.08. The van der Waals surface area contributed by atoms with Crippen LogP contribution in [0.15, 0.2) is 36.2 Å². The molecular formula is C11H11F4N3. The highest BCUT2D eigenvalue weighted by atomic mass is 19.4. The molecule has 98 valence electrons. The molecule has 18 heavy (non-hydrogen) atoms. The minimum Gasteiger partial charge on any atom is -0.398 e. The summed E-state index contributed by atoms with van der Waals surface area (Å²) in [5, 5.41) is 0. The summed E-state index contributed by atoms with van der Waals surface area (Å²) in [5.41, 5.74) is 14.5. The molecule has 0 aliphatic rings. The van der Waals surface area contributed by atoms with Gasteiger partial charge in [0.1, 0.15) is 5.82 Å². The highest BCUT2D eigenvalue weighted by Crippen LogP contribution is 2.30. The van der Waals surface area contributed by atoms with Gasteiger partial charge in [0, 0.05) is 11.3 Å². The predicted octanol–water partition coefficient (Wildman–Crippen LogP) is 1.90. The Balaban J connectivity index is 3.14. The van der Waals surface area contributed by atoms with Crippen LogP contribution >= 0.6 is 0 Å². The van der Waals surface area contributed by atoms with E-state index in [9.17, 15) is 17.6 Å². The maximum absolute atomic E-state index is 13.5. The van der Waals surface area contributed by atoms with Gasteiger partial charge in [0.15, 0.2) is 0 Å². The standard InChI is InChI=1S/C11H11F4N3/c12-8-5-6(11(13,14)15)1-2-7(8)9(16)3-4-10(17)18/h1-5H,16-18H2/b9-3-. The second-order valence-electron chi connectivity index (χ2n) is 3.48. The topological polar surface area (TPSA) is 78.1 Å². The Morgan fingerprint density at radius 2 is 1.67 bits per heavy atom. The Hall–Kier alpha value is -2.18. The summed E-state index contributed by atoms with van der Waals surface area (Å²) in [6.07, 6.45) is -2.17. The van der Waals surface area contributed by atoms with E-state index in [0.717, 1.165) is 12.1 Å². The van der Waals surface area contributed by atoms with Crippen LogP contribution in [-0.4, -0.2) is 0 Å². The van der Waals surface area contributed by atoms with E-state index in [1.165, 1.54) is 12.2 Å². The summed E-state index contributed by atoms with van der Waals surface area (Å²) in [6, 6.07) is 2.07. The second kappa shape index (κ2) is 4.99. The van der Waals surface area contributed by atoms with E-state index in [0.29, 0.717) is 6.07 Å². The molecule has 0 saturated heterocycles. The molecule has 0 fully saturated rings. The molecule has 0 saturated carbocycles. The summed E-state index contributed by atoms with van der Waals surface area (Å²) in [7, 11) is 0. The number of alkyl halides is 3. The van der Waals surface area contributed by atoms with Gasteiger partial charge in [-0.25, -0.2) is 4.39 Å². The normalized spacial score (nSPS) is 12.3. The molecule has 3 nitrogen and oxygen atoms in total. The molecule has 1 aromatic carbocycles. The van der Waals surface area contributed by atoms with Crippen LogP contribution < -0.4 is 17.2 Å². The van der Waals surface area contributed by atoms with E-state index in [2.05, 4.69) is 0 Å². The second-order valence-corrected chi connectivity index (χ2v) is 3.48. The van der Waals surface area contributed by atoms with Crippen LogP contribution in [0.25, 0.3) is 5.70 Å². The highest BCUT2D eigenvalue weighted by Gasteiger charge is 2.31. The van der Waals surface area contributed by atoms with Crippen LogP contribution in [0.5, 0.6) is 0 Å². The zero-order valence-electron chi connectivity index (χ0n) is 9.13. The molecule has 0 unspecified atom stereocenters. The van der Waals surface area contributed by atoms with Gasteiger partial charge in [0.05, 0.1) is 11.4 Å². The Morgan fingerprint density at radius 3 is 2.11 bits per heavy atom. The molecule has 0 aliphatic carbocycles. The SMILES string of the molecule is NC(N)=C/C=C(\N)c1ccc(C(F)(F)F)cc1F. The van der Waals surface area contributed by atoms with Gasteiger partial charge >= 0.3 is 6.18 Å². The van der Waals surface area contributed by atoms with Crippen LogP contribution in [-0.2, 0) is 6.18 Å². The molecule has 0 bridgehead atoms. The molecule has 6 N–H and O–H groups in total. The first-order chi connectivity index (χ1) is 8.21. The van der Waals surface area contributed by atoms with Crippen molar-refractivity contribution in [2.75, 3.05) is 0 Å². The molecule has 7 heteroatoms. The zero-order chi connectivity index (χ0) is 13.9. The number of hydrogen-bond donors (Lipinski definition) is 3. The molecule has 0 amide bonds. The summed E-state index contributed by atoms with van der Waals surface area (Å²) < 4.78 is 50.3. The molecular weight excluding hydrogens is 250 g/mol. The average Bonchev–Trinajstić information content (AvgIpc) is 2.24. The number of halogens is 4. The summed E-state index contributed by atoms with van der Waals surface area (Å²) in [4.78, 5) is 0. The van der Waals surface area contributed by atoms with Crippen molar-refractivity contribution in [2.45, 2.75) is 6.18 Å². The quantitative estimate of drug-likeness (QED) is 0.562. The van der Waals surface area contributed by atoms with Crippen molar-refractivity contribution in [1.29, 1.82) is 0 Å². The van der Waals surface area contributed by atoms with Crippen molar-refractivity contribution in [3.8, 4) is 0 Å². The van der Waals surface area contributed by atoms with Gasteiger partial charge in [-0.2, -0.15) is 13.2 Å². The molecule has 0 spiro atoms. The Morgan fingerprint density at radius 1 is 1.06 bits per heavy atom. The fourth-order valence-corrected chi connectivity index (χ4v) is 1.20. The van der Waals surface area contributed by atoms with Crippen LogP contribution in [0, 0.1) is 5.82 Å². The largest absolute Gasteiger partial charge is 0.416 e. The van der Waals surface area contributed by atoms with Crippen molar-refractivity contribution in [3.05, 3.63) is 53.1 Å². The van der Waals surface area contributed by atoms with Gasteiger partial charge < -0.3 is 17.2 Å². The number of benzene rings is 1. The Labute approximate surface area is 101 Å². The molecule has 0 heterocycles. The lowest BCUT2D eigenvalue weighted by atomic mass is 10.1. The zero-order valence-corrected chi connectivity index (χ0v) is 9.13.